The molecule has 1 saturated heterocycles. The molecule has 102 valence electrons. The van der Waals surface area contributed by atoms with E-state index < -0.39 is 0 Å². The second-order valence-electron chi connectivity index (χ2n) is 5.97. The summed E-state index contributed by atoms with van der Waals surface area (Å²) in [6.07, 6.45) is 7.62. The lowest BCUT2D eigenvalue weighted by atomic mass is 9.81. The minimum atomic E-state index is 0.374. The van der Waals surface area contributed by atoms with Gasteiger partial charge >= 0.3 is 0 Å². The fourth-order valence-corrected chi connectivity index (χ4v) is 4.21. The number of hydrogen-bond acceptors (Lipinski definition) is 2. The van der Waals surface area contributed by atoms with Gasteiger partial charge in [-0.25, -0.2) is 0 Å². The summed E-state index contributed by atoms with van der Waals surface area (Å²) in [7, 11) is 0. The van der Waals surface area contributed by atoms with Gasteiger partial charge in [0.1, 0.15) is 0 Å². The predicted octanol–water partition coefficient (Wildman–Crippen LogP) is 3.94. The summed E-state index contributed by atoms with van der Waals surface area (Å²) in [6.45, 7) is 2.26. The summed E-state index contributed by atoms with van der Waals surface area (Å²) < 4.78 is 1.06. The van der Waals surface area contributed by atoms with Crippen LogP contribution in [0.2, 0.25) is 0 Å². The van der Waals surface area contributed by atoms with Gasteiger partial charge in [-0.15, -0.1) is 0 Å². The first-order valence-electron chi connectivity index (χ1n) is 7.21. The zero-order valence-corrected chi connectivity index (χ0v) is 12.9. The molecule has 2 heterocycles. The lowest BCUT2D eigenvalue weighted by Crippen LogP contribution is -2.28. The molecule has 2 aromatic rings. The molecule has 1 aromatic carbocycles. The van der Waals surface area contributed by atoms with Gasteiger partial charge in [0.05, 0.1) is 11.9 Å². The van der Waals surface area contributed by atoms with E-state index in [1.54, 1.807) is 11.1 Å². The predicted molar refractivity (Wildman–Crippen MR) is 85.2 cm³/mol. The van der Waals surface area contributed by atoms with Gasteiger partial charge in [-0.2, -0.15) is 0 Å². The van der Waals surface area contributed by atoms with Crippen molar-refractivity contribution in [2.45, 2.75) is 24.7 Å². The van der Waals surface area contributed by atoms with E-state index in [0.717, 1.165) is 17.6 Å². The topological polar surface area (TPSA) is 16.1 Å². The van der Waals surface area contributed by atoms with Crippen LogP contribution in [0, 0.1) is 0 Å². The van der Waals surface area contributed by atoms with Gasteiger partial charge < -0.3 is 4.90 Å². The van der Waals surface area contributed by atoms with E-state index >= 15 is 0 Å². The van der Waals surface area contributed by atoms with Crippen LogP contribution >= 0.6 is 15.9 Å². The molecule has 1 aromatic heterocycles. The van der Waals surface area contributed by atoms with Crippen molar-refractivity contribution < 1.29 is 0 Å². The Labute approximate surface area is 128 Å². The number of anilines is 1. The summed E-state index contributed by atoms with van der Waals surface area (Å²) in [5, 5.41) is 0. The van der Waals surface area contributed by atoms with Gasteiger partial charge in [-0.05, 0) is 52.4 Å². The Morgan fingerprint density at radius 2 is 2.05 bits per heavy atom. The molecule has 3 heteroatoms. The van der Waals surface area contributed by atoms with Crippen LogP contribution in [0.25, 0.3) is 0 Å². The summed E-state index contributed by atoms with van der Waals surface area (Å²) in [4.78, 5) is 6.79. The first kappa shape index (κ1) is 12.4. The standard InChI is InChI=1S/C17H17BrN2/c18-14-9-15(11-19-10-14)20-8-7-17(12-20)6-5-13-3-1-2-4-16(13)17/h1-4,9-11H,5-8,12H2. The Morgan fingerprint density at radius 3 is 2.95 bits per heavy atom. The average Bonchev–Trinajstić information content (AvgIpc) is 3.06. The number of benzene rings is 1. The van der Waals surface area contributed by atoms with Crippen molar-refractivity contribution in [2.75, 3.05) is 18.0 Å². The summed E-state index contributed by atoms with van der Waals surface area (Å²) in [5.74, 6) is 0. The minimum Gasteiger partial charge on any atom is -0.369 e. The fraction of sp³-hybridized carbons (Fsp3) is 0.353. The van der Waals surface area contributed by atoms with Crippen molar-refractivity contribution >= 4 is 21.6 Å². The third-order valence-corrected chi connectivity index (χ3v) is 5.30. The van der Waals surface area contributed by atoms with Crippen molar-refractivity contribution in [3.63, 3.8) is 0 Å². The first-order valence-corrected chi connectivity index (χ1v) is 8.00. The van der Waals surface area contributed by atoms with Gasteiger partial charge in [0.25, 0.3) is 0 Å². The second kappa shape index (κ2) is 4.59. The van der Waals surface area contributed by atoms with E-state index in [1.807, 2.05) is 12.4 Å². The highest BCUT2D eigenvalue weighted by molar-refractivity contribution is 9.10. The van der Waals surface area contributed by atoms with Crippen molar-refractivity contribution in [2.24, 2.45) is 0 Å². The van der Waals surface area contributed by atoms with Gasteiger partial charge in [0.15, 0.2) is 0 Å². The Morgan fingerprint density at radius 1 is 1.15 bits per heavy atom. The molecule has 0 saturated carbocycles. The number of halogens is 1. The number of aromatic nitrogens is 1. The maximum atomic E-state index is 4.30. The van der Waals surface area contributed by atoms with Crippen LogP contribution in [-0.4, -0.2) is 18.1 Å². The molecule has 1 aliphatic carbocycles. The highest BCUT2D eigenvalue weighted by Gasteiger charge is 2.43. The van der Waals surface area contributed by atoms with Crippen molar-refractivity contribution in [1.29, 1.82) is 0 Å². The second-order valence-corrected chi connectivity index (χ2v) is 6.89. The molecule has 20 heavy (non-hydrogen) atoms. The van der Waals surface area contributed by atoms with Crippen LogP contribution in [0.4, 0.5) is 5.69 Å². The largest absolute Gasteiger partial charge is 0.369 e. The van der Waals surface area contributed by atoms with Crippen LogP contribution in [-0.2, 0) is 11.8 Å². The molecule has 1 fully saturated rings. The molecular formula is C17H17BrN2. The zero-order valence-electron chi connectivity index (χ0n) is 11.3. The van der Waals surface area contributed by atoms with E-state index in [2.05, 4.69) is 56.1 Å². The minimum absolute atomic E-state index is 0.374. The molecule has 0 N–H and O–H groups in total. The Kier molecular flexibility index (Phi) is 2.84. The van der Waals surface area contributed by atoms with Gasteiger partial charge in [0.2, 0.25) is 0 Å². The van der Waals surface area contributed by atoms with Crippen molar-refractivity contribution in [3.8, 4) is 0 Å². The normalized spacial score (nSPS) is 24.4. The quantitative estimate of drug-likeness (QED) is 0.788. The van der Waals surface area contributed by atoms with Crippen molar-refractivity contribution in [3.05, 3.63) is 58.3 Å². The Balaban J connectivity index is 1.66. The Bertz CT molecular complexity index is 655. The van der Waals surface area contributed by atoms with E-state index in [-0.39, 0.29) is 0 Å². The van der Waals surface area contributed by atoms with E-state index in [4.69, 9.17) is 0 Å². The molecule has 2 nitrogen and oxygen atoms in total. The van der Waals surface area contributed by atoms with Crippen LogP contribution in [0.5, 0.6) is 0 Å². The van der Waals surface area contributed by atoms with E-state index in [9.17, 15) is 0 Å². The number of fused-ring (bicyclic) bond motifs is 2. The summed E-state index contributed by atoms with van der Waals surface area (Å²) in [5.41, 5.74) is 4.76. The van der Waals surface area contributed by atoms with E-state index in [1.165, 1.54) is 24.9 Å². The summed E-state index contributed by atoms with van der Waals surface area (Å²) >= 11 is 3.52. The third-order valence-electron chi connectivity index (χ3n) is 4.87. The molecule has 0 radical (unpaired) electrons. The first-order chi connectivity index (χ1) is 9.77. The van der Waals surface area contributed by atoms with Crippen LogP contribution in [0.1, 0.15) is 24.0 Å². The lowest BCUT2D eigenvalue weighted by Gasteiger charge is -2.26. The smallest absolute Gasteiger partial charge is 0.0564 e. The monoisotopic (exact) mass is 328 g/mol. The zero-order chi connectivity index (χ0) is 13.6. The molecule has 1 spiro atoms. The average molecular weight is 329 g/mol. The van der Waals surface area contributed by atoms with Crippen LogP contribution < -0.4 is 4.90 Å². The SMILES string of the molecule is Brc1cncc(N2CCC3(CCc4ccccc43)C2)c1. The van der Waals surface area contributed by atoms with Gasteiger partial charge in [-0.3, -0.25) is 4.98 Å². The molecule has 2 aliphatic rings. The van der Waals surface area contributed by atoms with Gasteiger partial charge in [0, 0.05) is 29.2 Å². The number of rotatable bonds is 1. The molecule has 4 rings (SSSR count). The lowest BCUT2D eigenvalue weighted by molar-refractivity contribution is 0.473. The number of hydrogen-bond donors (Lipinski definition) is 0. The number of aryl methyl sites for hydroxylation is 1. The molecule has 1 unspecified atom stereocenters. The summed E-state index contributed by atoms with van der Waals surface area (Å²) in [6, 6.07) is 11.2. The number of nitrogens with zero attached hydrogens (tertiary/aromatic N) is 2. The molecule has 1 atom stereocenters. The highest BCUT2D eigenvalue weighted by Crippen LogP contribution is 2.46. The molecule has 1 aliphatic heterocycles. The number of pyridine rings is 1. The maximum Gasteiger partial charge on any atom is 0.0564 e. The molecule has 0 amide bonds. The van der Waals surface area contributed by atoms with Crippen LogP contribution in [0.15, 0.2) is 47.2 Å². The van der Waals surface area contributed by atoms with Crippen molar-refractivity contribution in [1.82, 2.24) is 4.98 Å². The van der Waals surface area contributed by atoms with Crippen LogP contribution in [0.3, 0.4) is 0 Å². The molecular weight excluding hydrogens is 312 g/mol. The fourth-order valence-electron chi connectivity index (χ4n) is 3.85. The maximum absolute atomic E-state index is 4.30. The Hall–Kier alpha value is -1.35. The molecule has 0 bridgehead atoms. The van der Waals surface area contributed by atoms with E-state index in [0.29, 0.717) is 5.41 Å². The third kappa shape index (κ3) is 1.87. The van der Waals surface area contributed by atoms with Gasteiger partial charge in [-0.1, -0.05) is 24.3 Å². The highest BCUT2D eigenvalue weighted by atomic mass is 79.9.